The van der Waals surface area contributed by atoms with Crippen molar-refractivity contribution in [1.82, 2.24) is 0 Å². The third-order valence-corrected chi connectivity index (χ3v) is 1.94. The molecule has 0 aromatic heterocycles. The van der Waals surface area contributed by atoms with Gasteiger partial charge in [0.1, 0.15) is 18.1 Å². The van der Waals surface area contributed by atoms with Gasteiger partial charge in [0.25, 0.3) is 0 Å². The Balaban J connectivity index is 2.05. The molecule has 3 nitrogen and oxygen atoms in total. The highest BCUT2D eigenvalue weighted by atomic mass is 16.8. The number of rotatable bonds is 3. The molecule has 0 spiro atoms. The summed E-state index contributed by atoms with van der Waals surface area (Å²) < 4.78 is 15.7. The highest BCUT2D eigenvalue weighted by Crippen LogP contribution is 2.30. The second kappa shape index (κ2) is 2.92. The number of benzene rings is 1. The number of methoxy groups -OCH3 is 1. The Morgan fingerprint density at radius 1 is 1.23 bits per heavy atom. The van der Waals surface area contributed by atoms with Gasteiger partial charge in [0, 0.05) is 6.92 Å². The summed E-state index contributed by atoms with van der Waals surface area (Å²) in [5.41, 5.74) is 0. The van der Waals surface area contributed by atoms with Gasteiger partial charge in [-0.05, 0) is 24.3 Å². The second-order valence-corrected chi connectivity index (χ2v) is 3.20. The molecule has 1 aliphatic rings. The largest absolute Gasteiger partial charge is 0.497 e. The molecule has 0 amide bonds. The van der Waals surface area contributed by atoms with E-state index in [1.54, 1.807) is 7.11 Å². The van der Waals surface area contributed by atoms with Crippen LogP contribution in [0.2, 0.25) is 0 Å². The maximum Gasteiger partial charge on any atom is 0.231 e. The van der Waals surface area contributed by atoms with E-state index in [-0.39, 0.29) is 0 Å². The van der Waals surface area contributed by atoms with Crippen molar-refractivity contribution in [3.8, 4) is 11.5 Å². The molecule has 70 valence electrons. The van der Waals surface area contributed by atoms with Crippen molar-refractivity contribution in [2.24, 2.45) is 0 Å². The molecular formula is C10H12O3. The topological polar surface area (TPSA) is 31.0 Å². The first-order chi connectivity index (χ1) is 6.22. The van der Waals surface area contributed by atoms with Crippen molar-refractivity contribution in [3.05, 3.63) is 24.3 Å². The predicted octanol–water partition coefficient (Wildman–Crippen LogP) is 1.82. The third-order valence-electron chi connectivity index (χ3n) is 1.94. The molecule has 1 aliphatic heterocycles. The first-order valence-electron chi connectivity index (χ1n) is 4.19. The third kappa shape index (κ3) is 1.92. The Morgan fingerprint density at radius 2 is 1.77 bits per heavy atom. The summed E-state index contributed by atoms with van der Waals surface area (Å²) in [6, 6.07) is 7.46. The minimum Gasteiger partial charge on any atom is -0.497 e. The molecule has 0 bridgehead atoms. The molecule has 1 fully saturated rings. The zero-order valence-electron chi connectivity index (χ0n) is 7.74. The molecule has 0 aliphatic carbocycles. The molecule has 1 aromatic carbocycles. The Labute approximate surface area is 77.2 Å². The van der Waals surface area contributed by atoms with E-state index in [1.165, 1.54) is 0 Å². The van der Waals surface area contributed by atoms with Crippen LogP contribution in [0.3, 0.4) is 0 Å². The van der Waals surface area contributed by atoms with Crippen LogP contribution in [0.25, 0.3) is 0 Å². The number of ether oxygens (including phenoxy) is 3. The minimum absolute atomic E-state index is 0.394. The maximum absolute atomic E-state index is 5.53. The van der Waals surface area contributed by atoms with Crippen LogP contribution in [-0.2, 0) is 4.74 Å². The standard InChI is InChI=1S/C10H12O3/c1-10(7-12-10)13-9-5-3-8(11-2)4-6-9/h3-6H,7H2,1-2H3. The lowest BCUT2D eigenvalue weighted by molar-refractivity contribution is 0.0802. The number of hydrogen-bond donors (Lipinski definition) is 0. The molecule has 0 N–H and O–H groups in total. The quantitative estimate of drug-likeness (QED) is 0.665. The van der Waals surface area contributed by atoms with Gasteiger partial charge in [-0.15, -0.1) is 0 Å². The Bertz CT molecular complexity index is 288. The van der Waals surface area contributed by atoms with Crippen molar-refractivity contribution < 1.29 is 14.2 Å². The van der Waals surface area contributed by atoms with Gasteiger partial charge in [-0.1, -0.05) is 0 Å². The van der Waals surface area contributed by atoms with Crippen LogP contribution in [0.1, 0.15) is 6.92 Å². The fourth-order valence-corrected chi connectivity index (χ4v) is 1.05. The Hall–Kier alpha value is -1.22. The van der Waals surface area contributed by atoms with Crippen LogP contribution in [0.4, 0.5) is 0 Å². The average molecular weight is 180 g/mol. The zero-order valence-corrected chi connectivity index (χ0v) is 7.74. The minimum atomic E-state index is -0.394. The number of hydrogen-bond acceptors (Lipinski definition) is 3. The van der Waals surface area contributed by atoms with Gasteiger partial charge in [0.05, 0.1) is 7.11 Å². The first-order valence-corrected chi connectivity index (χ1v) is 4.19. The molecule has 0 saturated carbocycles. The van der Waals surface area contributed by atoms with Crippen molar-refractivity contribution >= 4 is 0 Å². The predicted molar refractivity (Wildman–Crippen MR) is 48.0 cm³/mol. The van der Waals surface area contributed by atoms with Gasteiger partial charge in [-0.2, -0.15) is 0 Å². The van der Waals surface area contributed by atoms with E-state index in [0.29, 0.717) is 6.61 Å². The smallest absolute Gasteiger partial charge is 0.231 e. The van der Waals surface area contributed by atoms with E-state index in [4.69, 9.17) is 14.2 Å². The highest BCUT2D eigenvalue weighted by molar-refractivity contribution is 5.31. The molecule has 3 heteroatoms. The lowest BCUT2D eigenvalue weighted by Crippen LogP contribution is -2.14. The average Bonchev–Trinajstić information content (AvgIpc) is 2.85. The van der Waals surface area contributed by atoms with E-state index < -0.39 is 5.79 Å². The summed E-state index contributed by atoms with van der Waals surface area (Å²) >= 11 is 0. The second-order valence-electron chi connectivity index (χ2n) is 3.20. The van der Waals surface area contributed by atoms with E-state index in [1.807, 2.05) is 31.2 Å². The molecule has 2 rings (SSSR count). The van der Waals surface area contributed by atoms with E-state index in [9.17, 15) is 0 Å². The van der Waals surface area contributed by atoms with E-state index in [0.717, 1.165) is 11.5 Å². The van der Waals surface area contributed by atoms with Gasteiger partial charge in [0.15, 0.2) is 0 Å². The van der Waals surface area contributed by atoms with Crippen LogP contribution >= 0.6 is 0 Å². The SMILES string of the molecule is COc1ccc(OC2(C)CO2)cc1. The zero-order chi connectivity index (χ0) is 9.31. The van der Waals surface area contributed by atoms with Crippen LogP contribution in [0.5, 0.6) is 11.5 Å². The fraction of sp³-hybridized carbons (Fsp3) is 0.400. The summed E-state index contributed by atoms with van der Waals surface area (Å²) in [6.45, 7) is 2.58. The summed E-state index contributed by atoms with van der Waals surface area (Å²) in [6.07, 6.45) is 0. The highest BCUT2D eigenvalue weighted by Gasteiger charge is 2.42. The van der Waals surface area contributed by atoms with Crippen molar-refractivity contribution in [3.63, 3.8) is 0 Å². The molecule has 1 atom stereocenters. The van der Waals surface area contributed by atoms with E-state index >= 15 is 0 Å². The molecule has 13 heavy (non-hydrogen) atoms. The fourth-order valence-electron chi connectivity index (χ4n) is 1.05. The normalized spacial score (nSPS) is 25.4. The molecule has 1 unspecified atom stereocenters. The Morgan fingerprint density at radius 3 is 2.23 bits per heavy atom. The maximum atomic E-state index is 5.53. The van der Waals surface area contributed by atoms with Gasteiger partial charge >= 0.3 is 0 Å². The molecule has 1 saturated heterocycles. The molecule has 0 radical (unpaired) electrons. The van der Waals surface area contributed by atoms with Crippen LogP contribution in [-0.4, -0.2) is 19.5 Å². The summed E-state index contributed by atoms with van der Waals surface area (Å²) in [5, 5.41) is 0. The van der Waals surface area contributed by atoms with Crippen LogP contribution in [0.15, 0.2) is 24.3 Å². The summed E-state index contributed by atoms with van der Waals surface area (Å²) in [4.78, 5) is 0. The molecular weight excluding hydrogens is 168 g/mol. The van der Waals surface area contributed by atoms with Gasteiger partial charge < -0.3 is 14.2 Å². The van der Waals surface area contributed by atoms with Gasteiger partial charge in [-0.3, -0.25) is 0 Å². The van der Waals surface area contributed by atoms with Gasteiger partial charge in [0.2, 0.25) is 5.79 Å². The lowest BCUT2D eigenvalue weighted by atomic mass is 10.3. The first kappa shape index (κ1) is 8.38. The molecule has 1 aromatic rings. The van der Waals surface area contributed by atoms with Crippen LogP contribution < -0.4 is 9.47 Å². The van der Waals surface area contributed by atoms with Crippen molar-refractivity contribution in [2.45, 2.75) is 12.7 Å². The lowest BCUT2D eigenvalue weighted by Gasteiger charge is -2.09. The summed E-state index contributed by atoms with van der Waals surface area (Å²) in [7, 11) is 1.64. The number of epoxide rings is 1. The van der Waals surface area contributed by atoms with Gasteiger partial charge in [-0.25, -0.2) is 0 Å². The molecule has 1 heterocycles. The van der Waals surface area contributed by atoms with Crippen molar-refractivity contribution in [1.29, 1.82) is 0 Å². The van der Waals surface area contributed by atoms with Crippen molar-refractivity contribution in [2.75, 3.05) is 13.7 Å². The van der Waals surface area contributed by atoms with Crippen LogP contribution in [0, 0.1) is 0 Å². The Kier molecular flexibility index (Phi) is 1.88. The van der Waals surface area contributed by atoms with E-state index in [2.05, 4.69) is 0 Å². The monoisotopic (exact) mass is 180 g/mol. The summed E-state index contributed by atoms with van der Waals surface area (Å²) in [5.74, 6) is 1.24.